The predicted molar refractivity (Wildman–Crippen MR) is 59.4 cm³/mol. The van der Waals surface area contributed by atoms with Crippen molar-refractivity contribution in [2.75, 3.05) is 12.3 Å². The van der Waals surface area contributed by atoms with E-state index in [1.54, 1.807) is 18.1 Å². The van der Waals surface area contributed by atoms with Gasteiger partial charge in [0, 0.05) is 17.2 Å². The van der Waals surface area contributed by atoms with E-state index < -0.39 is 0 Å². The van der Waals surface area contributed by atoms with Crippen molar-refractivity contribution < 1.29 is 0 Å². The Hall–Kier alpha value is -0.420. The summed E-state index contributed by atoms with van der Waals surface area (Å²) in [5.74, 6) is 2.07. The number of thioether (sulfide) groups is 2. The summed E-state index contributed by atoms with van der Waals surface area (Å²) < 4.78 is 1.21. The van der Waals surface area contributed by atoms with Crippen LogP contribution in [-0.4, -0.2) is 26.6 Å². The van der Waals surface area contributed by atoms with Crippen molar-refractivity contribution in [1.29, 1.82) is 0 Å². The normalized spacial score (nSPS) is 16.2. The van der Waals surface area contributed by atoms with Gasteiger partial charge >= 0.3 is 0 Å². The van der Waals surface area contributed by atoms with Gasteiger partial charge in [-0.25, -0.2) is 4.98 Å². The maximum atomic E-state index is 4.37. The minimum Gasteiger partial charge on any atom is -0.348 e. The second-order valence-corrected chi connectivity index (χ2v) is 5.07. The molecule has 0 radical (unpaired) electrons. The molecular weight excluding hydrogens is 202 g/mol. The lowest BCUT2D eigenvalue weighted by Gasteiger charge is -1.97. The van der Waals surface area contributed by atoms with Crippen LogP contribution in [0.25, 0.3) is 0 Å². The number of hydrogen-bond acceptors (Lipinski definition) is 4. The van der Waals surface area contributed by atoms with Crippen LogP contribution >= 0.6 is 23.5 Å². The molecule has 0 saturated carbocycles. The molecule has 0 spiro atoms. The monoisotopic (exact) mass is 213 g/mol. The number of aliphatic imine (C=N–C) groups is 1. The van der Waals surface area contributed by atoms with Gasteiger partial charge in [0.2, 0.25) is 0 Å². The van der Waals surface area contributed by atoms with E-state index in [-0.39, 0.29) is 0 Å². The Balaban J connectivity index is 1.89. The summed E-state index contributed by atoms with van der Waals surface area (Å²) in [6, 6.07) is 0. The van der Waals surface area contributed by atoms with Crippen LogP contribution in [0, 0.1) is 6.92 Å². The maximum Gasteiger partial charge on any atom is 0.125 e. The molecule has 1 aromatic heterocycles. The number of aryl methyl sites for hydroxylation is 1. The van der Waals surface area contributed by atoms with Crippen LogP contribution in [-0.2, 0) is 5.75 Å². The topological polar surface area (TPSA) is 41.0 Å². The zero-order valence-corrected chi connectivity index (χ0v) is 9.04. The summed E-state index contributed by atoms with van der Waals surface area (Å²) in [5.41, 5.74) is 2.30. The summed E-state index contributed by atoms with van der Waals surface area (Å²) in [4.78, 5) is 11.7. The number of rotatable bonds is 2. The second-order valence-electron chi connectivity index (χ2n) is 2.76. The molecule has 0 saturated heterocycles. The zero-order valence-electron chi connectivity index (χ0n) is 7.41. The molecule has 0 bridgehead atoms. The molecule has 1 aliphatic heterocycles. The Labute approximate surface area is 85.8 Å². The molecule has 0 amide bonds. The van der Waals surface area contributed by atoms with Crippen LogP contribution < -0.4 is 0 Å². The average Bonchev–Trinajstić information content (AvgIpc) is 2.72. The van der Waals surface area contributed by atoms with Gasteiger partial charge in [-0.1, -0.05) is 23.5 Å². The first kappa shape index (κ1) is 9.15. The first-order valence-electron chi connectivity index (χ1n) is 4.15. The van der Waals surface area contributed by atoms with E-state index in [2.05, 4.69) is 15.0 Å². The molecule has 2 heterocycles. The molecule has 0 aliphatic carbocycles. The molecule has 0 fully saturated rings. The lowest BCUT2D eigenvalue weighted by molar-refractivity contribution is 1.18. The molecule has 1 aromatic rings. The van der Waals surface area contributed by atoms with E-state index >= 15 is 0 Å². The Morgan fingerprint density at radius 2 is 2.62 bits per heavy atom. The van der Waals surface area contributed by atoms with Gasteiger partial charge in [0.25, 0.3) is 0 Å². The highest BCUT2D eigenvalue weighted by atomic mass is 32.2. The van der Waals surface area contributed by atoms with Crippen LogP contribution in [0.4, 0.5) is 0 Å². The second kappa shape index (κ2) is 4.19. The standard InChI is InChI=1S/C8H11N3S2/c1-6-7(11-5-10-6)4-13-8-9-2-3-12-8/h5H,2-4H2,1H3,(H,10,11). The minimum absolute atomic E-state index is 0.932. The first-order chi connectivity index (χ1) is 6.36. The SMILES string of the molecule is Cc1[nH]cnc1CSC1=NCCS1. The van der Waals surface area contributed by atoms with Crippen molar-refractivity contribution in [3.63, 3.8) is 0 Å². The largest absolute Gasteiger partial charge is 0.348 e. The highest BCUT2D eigenvalue weighted by Crippen LogP contribution is 2.25. The van der Waals surface area contributed by atoms with E-state index in [1.807, 2.05) is 18.7 Å². The van der Waals surface area contributed by atoms with Crippen molar-refractivity contribution in [2.24, 2.45) is 4.99 Å². The molecule has 2 rings (SSSR count). The Bertz CT molecular complexity index is 319. The van der Waals surface area contributed by atoms with E-state index in [0.29, 0.717) is 0 Å². The third kappa shape index (κ3) is 2.28. The Kier molecular flexibility index (Phi) is 2.95. The van der Waals surface area contributed by atoms with Gasteiger partial charge < -0.3 is 4.98 Å². The number of nitrogens with zero attached hydrogens (tertiary/aromatic N) is 2. The van der Waals surface area contributed by atoms with Crippen molar-refractivity contribution in [3.8, 4) is 0 Å². The maximum absolute atomic E-state index is 4.37. The van der Waals surface area contributed by atoms with Gasteiger partial charge in [-0.15, -0.1) is 0 Å². The molecule has 1 aliphatic rings. The fourth-order valence-corrected chi connectivity index (χ4v) is 3.10. The van der Waals surface area contributed by atoms with Gasteiger partial charge in [0.1, 0.15) is 4.38 Å². The molecule has 5 heteroatoms. The van der Waals surface area contributed by atoms with Crippen molar-refractivity contribution in [3.05, 3.63) is 17.7 Å². The van der Waals surface area contributed by atoms with Gasteiger partial charge in [-0.3, -0.25) is 4.99 Å². The Morgan fingerprint density at radius 3 is 3.23 bits per heavy atom. The van der Waals surface area contributed by atoms with Crippen LogP contribution in [0.1, 0.15) is 11.4 Å². The molecular formula is C8H11N3S2. The van der Waals surface area contributed by atoms with Crippen molar-refractivity contribution in [1.82, 2.24) is 9.97 Å². The third-order valence-electron chi connectivity index (χ3n) is 1.82. The summed E-state index contributed by atoms with van der Waals surface area (Å²) in [5, 5.41) is 0. The van der Waals surface area contributed by atoms with Crippen molar-refractivity contribution >= 4 is 27.9 Å². The molecule has 3 nitrogen and oxygen atoms in total. The van der Waals surface area contributed by atoms with Crippen LogP contribution in [0.15, 0.2) is 11.3 Å². The van der Waals surface area contributed by atoms with Gasteiger partial charge in [0.05, 0.1) is 18.6 Å². The first-order valence-corrected chi connectivity index (χ1v) is 6.12. The van der Waals surface area contributed by atoms with Crippen LogP contribution in [0.3, 0.4) is 0 Å². The average molecular weight is 213 g/mol. The van der Waals surface area contributed by atoms with Crippen molar-refractivity contribution in [2.45, 2.75) is 12.7 Å². The number of hydrogen-bond donors (Lipinski definition) is 1. The lowest BCUT2D eigenvalue weighted by atomic mass is 10.4. The number of H-pyrrole nitrogens is 1. The molecule has 1 N–H and O–H groups in total. The summed E-state index contributed by atoms with van der Waals surface area (Å²) in [7, 11) is 0. The van der Waals surface area contributed by atoms with E-state index in [1.165, 1.54) is 4.38 Å². The fraction of sp³-hybridized carbons (Fsp3) is 0.500. The van der Waals surface area contributed by atoms with Gasteiger partial charge in [-0.05, 0) is 6.92 Å². The van der Waals surface area contributed by atoms with Crippen LogP contribution in [0.2, 0.25) is 0 Å². The highest BCUT2D eigenvalue weighted by molar-refractivity contribution is 8.38. The Morgan fingerprint density at radius 1 is 1.69 bits per heavy atom. The lowest BCUT2D eigenvalue weighted by Crippen LogP contribution is -1.87. The van der Waals surface area contributed by atoms with Gasteiger partial charge in [0.15, 0.2) is 0 Å². The fourth-order valence-electron chi connectivity index (χ4n) is 1.07. The van der Waals surface area contributed by atoms with E-state index in [0.717, 1.165) is 29.4 Å². The molecule has 70 valence electrons. The van der Waals surface area contributed by atoms with E-state index in [9.17, 15) is 0 Å². The summed E-state index contributed by atoms with van der Waals surface area (Å²) in [6.45, 7) is 3.03. The molecule has 0 unspecified atom stereocenters. The molecule has 0 atom stereocenters. The van der Waals surface area contributed by atoms with Gasteiger partial charge in [-0.2, -0.15) is 0 Å². The number of imidazole rings is 1. The van der Waals surface area contributed by atoms with Crippen LogP contribution in [0.5, 0.6) is 0 Å². The number of aromatic nitrogens is 2. The smallest absolute Gasteiger partial charge is 0.125 e. The third-order valence-corrected chi connectivity index (χ3v) is 4.09. The molecule has 13 heavy (non-hydrogen) atoms. The predicted octanol–water partition coefficient (Wildman–Crippen LogP) is 2.05. The molecule has 0 aromatic carbocycles. The highest BCUT2D eigenvalue weighted by Gasteiger charge is 2.09. The number of nitrogens with one attached hydrogen (secondary N) is 1. The minimum atomic E-state index is 0.932. The quantitative estimate of drug-likeness (QED) is 0.817. The number of aromatic amines is 1. The summed E-state index contributed by atoms with van der Waals surface area (Å²) in [6.07, 6.45) is 1.74. The summed E-state index contributed by atoms with van der Waals surface area (Å²) >= 11 is 3.63. The van der Waals surface area contributed by atoms with E-state index in [4.69, 9.17) is 0 Å². The zero-order chi connectivity index (χ0) is 9.10.